The van der Waals surface area contributed by atoms with E-state index in [-0.39, 0.29) is 17.5 Å². The number of anilines is 3. The summed E-state index contributed by atoms with van der Waals surface area (Å²) in [4.78, 5) is 26.3. The number of nitrogens with two attached hydrogens (primary N) is 2. The molecule has 0 radical (unpaired) electrons. The molecular formula is C20H15ClN6O. The number of benzene rings is 2. The number of rotatable bonds is 1. The lowest BCUT2D eigenvalue weighted by Gasteiger charge is -2.23. The number of ketones is 1. The molecule has 1 aliphatic carbocycles. The molecule has 2 aromatic carbocycles. The minimum Gasteiger partial charge on any atom is -0.382 e. The first kappa shape index (κ1) is 16.7. The Morgan fingerprint density at radius 2 is 1.68 bits per heavy atom. The van der Waals surface area contributed by atoms with Crippen LogP contribution in [0.5, 0.6) is 0 Å². The maximum absolute atomic E-state index is 13.3. The molecule has 2 unspecified atom stereocenters. The molecular weight excluding hydrogens is 376 g/mol. The standard InChI is InChI=1S/C20H15ClN6O/c21-10-7-5-9(6-8-10)14-13-15(11-3-1-2-4-12(11)17(13)28)24-16-18(22)26-20(23)27-19(16)25-14/h1-8,13-14H,(H5,22,23,25,26,27). The van der Waals surface area contributed by atoms with E-state index in [2.05, 4.69) is 15.3 Å². The minimum absolute atomic E-state index is 0.00545. The van der Waals surface area contributed by atoms with Gasteiger partial charge in [-0.15, -0.1) is 0 Å². The van der Waals surface area contributed by atoms with E-state index in [0.717, 1.165) is 11.1 Å². The van der Waals surface area contributed by atoms with Crippen LogP contribution in [-0.4, -0.2) is 21.5 Å². The van der Waals surface area contributed by atoms with Gasteiger partial charge in [-0.2, -0.15) is 9.97 Å². The van der Waals surface area contributed by atoms with Gasteiger partial charge in [0.15, 0.2) is 17.4 Å². The van der Waals surface area contributed by atoms with E-state index in [9.17, 15) is 4.79 Å². The zero-order valence-corrected chi connectivity index (χ0v) is 15.3. The smallest absolute Gasteiger partial charge is 0.224 e. The van der Waals surface area contributed by atoms with Crippen molar-refractivity contribution in [3.63, 3.8) is 0 Å². The quantitative estimate of drug-likeness (QED) is 0.585. The summed E-state index contributed by atoms with van der Waals surface area (Å²) in [5.41, 5.74) is 15.2. The van der Waals surface area contributed by atoms with Crippen LogP contribution in [0.15, 0.2) is 53.5 Å². The molecule has 138 valence electrons. The average Bonchev–Trinajstić information content (AvgIpc) is 2.83. The van der Waals surface area contributed by atoms with Crippen molar-refractivity contribution in [3.05, 3.63) is 70.2 Å². The first-order chi connectivity index (χ1) is 13.5. The number of halogens is 1. The fraction of sp³-hybridized carbons (Fsp3) is 0.100. The highest BCUT2D eigenvalue weighted by molar-refractivity contribution is 6.31. The van der Waals surface area contributed by atoms with Crippen LogP contribution in [0.3, 0.4) is 0 Å². The van der Waals surface area contributed by atoms with Crippen molar-refractivity contribution in [1.29, 1.82) is 0 Å². The summed E-state index contributed by atoms with van der Waals surface area (Å²) >= 11 is 6.05. The van der Waals surface area contributed by atoms with Gasteiger partial charge in [0, 0.05) is 16.1 Å². The van der Waals surface area contributed by atoms with Crippen molar-refractivity contribution in [2.24, 2.45) is 10.9 Å². The molecule has 7 nitrogen and oxygen atoms in total. The van der Waals surface area contributed by atoms with Crippen LogP contribution in [-0.2, 0) is 0 Å². The van der Waals surface area contributed by atoms with Crippen LogP contribution in [0.1, 0.15) is 27.5 Å². The molecule has 0 fully saturated rings. The van der Waals surface area contributed by atoms with Gasteiger partial charge in [0.1, 0.15) is 5.69 Å². The highest BCUT2D eigenvalue weighted by Crippen LogP contribution is 2.44. The number of nitrogen functional groups attached to an aromatic ring is 2. The van der Waals surface area contributed by atoms with E-state index in [1.807, 2.05) is 36.4 Å². The Morgan fingerprint density at radius 3 is 2.43 bits per heavy atom. The Hall–Kier alpha value is -3.45. The summed E-state index contributed by atoms with van der Waals surface area (Å²) in [7, 11) is 0. The van der Waals surface area contributed by atoms with Gasteiger partial charge >= 0.3 is 0 Å². The zero-order chi connectivity index (χ0) is 19.4. The summed E-state index contributed by atoms with van der Waals surface area (Å²) in [5.74, 6) is 0.0621. The fourth-order valence-corrected chi connectivity index (χ4v) is 3.94. The van der Waals surface area contributed by atoms with Crippen LogP contribution < -0.4 is 16.8 Å². The number of nitrogens with one attached hydrogen (secondary N) is 1. The number of hydrogen-bond acceptors (Lipinski definition) is 7. The van der Waals surface area contributed by atoms with Crippen molar-refractivity contribution in [2.45, 2.75) is 6.04 Å². The molecule has 2 heterocycles. The SMILES string of the molecule is Nc1nc(N)c2c(n1)NC(c1ccc(Cl)cc1)C1C(=O)c3ccccc3C1=N2. The monoisotopic (exact) mass is 390 g/mol. The molecule has 3 aromatic rings. The van der Waals surface area contributed by atoms with Gasteiger partial charge < -0.3 is 16.8 Å². The molecule has 2 atom stereocenters. The summed E-state index contributed by atoms with van der Waals surface area (Å²) in [6.45, 7) is 0. The molecule has 1 aliphatic heterocycles. The second-order valence-corrected chi connectivity index (χ2v) is 7.16. The first-order valence-corrected chi connectivity index (χ1v) is 9.08. The topological polar surface area (TPSA) is 119 Å². The minimum atomic E-state index is -0.534. The maximum atomic E-state index is 13.3. The van der Waals surface area contributed by atoms with Crippen molar-refractivity contribution >= 4 is 46.4 Å². The van der Waals surface area contributed by atoms with Gasteiger partial charge in [-0.3, -0.25) is 4.79 Å². The predicted octanol–water partition coefficient (Wildman–Crippen LogP) is 3.39. The van der Waals surface area contributed by atoms with Crippen LogP contribution >= 0.6 is 11.6 Å². The second-order valence-electron chi connectivity index (χ2n) is 6.72. The van der Waals surface area contributed by atoms with Crippen molar-refractivity contribution < 1.29 is 4.79 Å². The van der Waals surface area contributed by atoms with E-state index >= 15 is 0 Å². The third-order valence-electron chi connectivity index (χ3n) is 5.06. The number of fused-ring (bicyclic) bond motifs is 4. The van der Waals surface area contributed by atoms with Crippen molar-refractivity contribution in [1.82, 2.24) is 9.97 Å². The third-order valence-corrected chi connectivity index (χ3v) is 5.31. The fourth-order valence-electron chi connectivity index (χ4n) is 3.82. The number of aliphatic imine (C=N–C) groups is 1. The summed E-state index contributed by atoms with van der Waals surface area (Å²) in [6, 6.07) is 14.4. The lowest BCUT2D eigenvalue weighted by Crippen LogP contribution is -2.28. The molecule has 0 saturated carbocycles. The van der Waals surface area contributed by atoms with Crippen LogP contribution in [0.2, 0.25) is 5.02 Å². The van der Waals surface area contributed by atoms with Gasteiger partial charge in [0.05, 0.1) is 17.7 Å². The molecule has 28 heavy (non-hydrogen) atoms. The van der Waals surface area contributed by atoms with E-state index < -0.39 is 12.0 Å². The van der Waals surface area contributed by atoms with Crippen LogP contribution in [0.25, 0.3) is 0 Å². The molecule has 0 bridgehead atoms. The van der Waals surface area contributed by atoms with Crippen LogP contribution in [0, 0.1) is 5.92 Å². The van der Waals surface area contributed by atoms with Crippen molar-refractivity contribution in [3.8, 4) is 0 Å². The highest BCUT2D eigenvalue weighted by Gasteiger charge is 2.44. The lowest BCUT2D eigenvalue weighted by molar-refractivity contribution is 0.0952. The summed E-state index contributed by atoms with van der Waals surface area (Å²) in [6.07, 6.45) is 0. The number of aromatic nitrogens is 2. The number of carbonyl (C=O) groups is 1. The number of hydrogen-bond donors (Lipinski definition) is 3. The number of Topliss-reactive ketones (excluding diaryl/α,β-unsaturated/α-hetero) is 1. The maximum Gasteiger partial charge on any atom is 0.224 e. The summed E-state index contributed by atoms with van der Waals surface area (Å²) in [5, 5.41) is 3.94. The first-order valence-electron chi connectivity index (χ1n) is 8.70. The second kappa shape index (κ2) is 6.03. The molecule has 2 aliphatic rings. The Kier molecular flexibility index (Phi) is 3.60. The Balaban J connectivity index is 1.78. The van der Waals surface area contributed by atoms with Crippen molar-refractivity contribution in [2.75, 3.05) is 16.8 Å². The van der Waals surface area contributed by atoms with E-state index in [4.69, 9.17) is 28.1 Å². The largest absolute Gasteiger partial charge is 0.382 e. The Bertz CT molecular complexity index is 1160. The lowest BCUT2D eigenvalue weighted by atomic mass is 9.88. The molecule has 0 spiro atoms. The molecule has 8 heteroatoms. The molecule has 5 N–H and O–H groups in total. The van der Waals surface area contributed by atoms with Gasteiger partial charge in [0.2, 0.25) is 5.95 Å². The summed E-state index contributed by atoms with van der Waals surface area (Å²) < 4.78 is 0. The molecule has 0 amide bonds. The van der Waals surface area contributed by atoms with Gasteiger partial charge in [0.25, 0.3) is 0 Å². The van der Waals surface area contributed by atoms with Gasteiger partial charge in [-0.05, 0) is 17.7 Å². The molecule has 1 aromatic heterocycles. The molecule has 5 rings (SSSR count). The Labute approximate surface area is 165 Å². The van der Waals surface area contributed by atoms with E-state index in [1.165, 1.54) is 0 Å². The zero-order valence-electron chi connectivity index (χ0n) is 14.6. The van der Waals surface area contributed by atoms with E-state index in [1.54, 1.807) is 12.1 Å². The Morgan fingerprint density at radius 1 is 0.964 bits per heavy atom. The van der Waals surface area contributed by atoms with Gasteiger partial charge in [-0.1, -0.05) is 48.0 Å². The highest BCUT2D eigenvalue weighted by atomic mass is 35.5. The number of nitrogens with zero attached hydrogens (tertiary/aromatic N) is 3. The normalized spacial score (nSPS) is 19.8. The van der Waals surface area contributed by atoms with Gasteiger partial charge in [-0.25, -0.2) is 4.99 Å². The van der Waals surface area contributed by atoms with Crippen LogP contribution in [0.4, 0.5) is 23.3 Å². The predicted molar refractivity (Wildman–Crippen MR) is 109 cm³/mol. The molecule has 0 saturated heterocycles. The number of carbonyl (C=O) groups excluding carboxylic acids is 1. The average molecular weight is 391 g/mol. The third kappa shape index (κ3) is 2.44. The van der Waals surface area contributed by atoms with E-state index in [0.29, 0.717) is 27.8 Å².